The molecule has 0 spiro atoms. The van der Waals surface area contributed by atoms with Gasteiger partial charge < -0.3 is 14.4 Å². The molecular weight excluding hydrogens is 270 g/mol. The van der Waals surface area contributed by atoms with Crippen molar-refractivity contribution in [3.05, 3.63) is 35.9 Å². The predicted octanol–water partition coefficient (Wildman–Crippen LogP) is 2.26. The van der Waals surface area contributed by atoms with E-state index in [4.69, 9.17) is 9.47 Å². The van der Waals surface area contributed by atoms with Crippen molar-refractivity contribution in [3.63, 3.8) is 0 Å². The molecule has 5 nitrogen and oxygen atoms in total. The summed E-state index contributed by atoms with van der Waals surface area (Å²) in [6.45, 7) is 3.93. The first kappa shape index (κ1) is 16.8. The Balaban J connectivity index is 3.11. The summed E-state index contributed by atoms with van der Waals surface area (Å²) in [6, 6.07) is 7.29. The smallest absolute Gasteiger partial charge is 0.338 e. The third-order valence-corrected chi connectivity index (χ3v) is 2.74. The van der Waals surface area contributed by atoms with E-state index in [9.17, 15) is 9.59 Å². The molecule has 0 atom stereocenters. The van der Waals surface area contributed by atoms with Gasteiger partial charge in [-0.05, 0) is 31.5 Å². The average Bonchev–Trinajstić information content (AvgIpc) is 2.45. The van der Waals surface area contributed by atoms with Crippen LogP contribution in [0.3, 0.4) is 0 Å². The maximum Gasteiger partial charge on any atom is 0.338 e. The van der Waals surface area contributed by atoms with Gasteiger partial charge in [-0.25, -0.2) is 9.59 Å². The first-order valence-corrected chi connectivity index (χ1v) is 6.82. The first-order valence-electron chi connectivity index (χ1n) is 6.82. The van der Waals surface area contributed by atoms with Gasteiger partial charge in [0.05, 0.1) is 18.8 Å². The summed E-state index contributed by atoms with van der Waals surface area (Å²) in [4.78, 5) is 25.5. The van der Waals surface area contributed by atoms with Gasteiger partial charge in [0.25, 0.3) is 0 Å². The lowest BCUT2D eigenvalue weighted by Gasteiger charge is -2.13. The maximum atomic E-state index is 12.0. The molecule has 0 aromatic heterocycles. The quantitative estimate of drug-likeness (QED) is 0.594. The molecule has 0 heterocycles. The SMILES string of the molecule is CCOC(=O)C=C(C(=O)OCC)c1ccc(N(C)C)cc1. The molecule has 0 unspecified atom stereocenters. The first-order chi connectivity index (χ1) is 9.99. The topological polar surface area (TPSA) is 55.8 Å². The van der Waals surface area contributed by atoms with Crippen LogP contribution in [-0.4, -0.2) is 39.2 Å². The zero-order chi connectivity index (χ0) is 15.8. The minimum Gasteiger partial charge on any atom is -0.463 e. The summed E-state index contributed by atoms with van der Waals surface area (Å²) in [5.74, 6) is -1.10. The number of anilines is 1. The zero-order valence-corrected chi connectivity index (χ0v) is 12.9. The van der Waals surface area contributed by atoms with E-state index >= 15 is 0 Å². The molecule has 1 rings (SSSR count). The minimum atomic E-state index is -0.558. The monoisotopic (exact) mass is 291 g/mol. The number of carbonyl (C=O) groups is 2. The van der Waals surface area contributed by atoms with Gasteiger partial charge in [0.2, 0.25) is 0 Å². The van der Waals surface area contributed by atoms with Crippen LogP contribution in [0.1, 0.15) is 19.4 Å². The third-order valence-electron chi connectivity index (χ3n) is 2.74. The van der Waals surface area contributed by atoms with Crippen LogP contribution < -0.4 is 4.90 Å². The molecule has 0 aliphatic heterocycles. The van der Waals surface area contributed by atoms with E-state index in [1.165, 1.54) is 6.08 Å². The van der Waals surface area contributed by atoms with E-state index in [1.807, 2.05) is 31.1 Å². The van der Waals surface area contributed by atoms with Gasteiger partial charge in [0.1, 0.15) is 0 Å². The summed E-state index contributed by atoms with van der Waals surface area (Å²) in [6.07, 6.45) is 1.17. The summed E-state index contributed by atoms with van der Waals surface area (Å²) in [7, 11) is 3.85. The molecular formula is C16H21NO4. The molecule has 0 bridgehead atoms. The van der Waals surface area contributed by atoms with E-state index in [0.29, 0.717) is 5.56 Å². The molecule has 0 N–H and O–H groups in total. The van der Waals surface area contributed by atoms with E-state index in [1.54, 1.807) is 26.0 Å². The highest BCUT2D eigenvalue weighted by atomic mass is 16.5. The minimum absolute atomic E-state index is 0.195. The van der Waals surface area contributed by atoms with Crippen molar-refractivity contribution in [2.24, 2.45) is 0 Å². The molecule has 0 saturated carbocycles. The third kappa shape index (κ3) is 4.95. The fraction of sp³-hybridized carbons (Fsp3) is 0.375. The fourth-order valence-electron chi connectivity index (χ4n) is 1.71. The Morgan fingerprint density at radius 2 is 1.62 bits per heavy atom. The second-order valence-electron chi connectivity index (χ2n) is 4.47. The number of hydrogen-bond donors (Lipinski definition) is 0. The normalized spacial score (nSPS) is 11.0. The van der Waals surface area contributed by atoms with E-state index in [2.05, 4.69) is 0 Å². The van der Waals surface area contributed by atoms with Gasteiger partial charge in [-0.15, -0.1) is 0 Å². The second kappa shape index (κ2) is 8.09. The molecule has 0 aliphatic rings. The Morgan fingerprint density at radius 1 is 1.05 bits per heavy atom. The molecule has 0 radical (unpaired) electrons. The van der Waals surface area contributed by atoms with Gasteiger partial charge in [0, 0.05) is 25.9 Å². The highest BCUT2D eigenvalue weighted by Crippen LogP contribution is 2.20. The average molecular weight is 291 g/mol. The Morgan fingerprint density at radius 3 is 2.10 bits per heavy atom. The molecule has 0 fully saturated rings. The number of ether oxygens (including phenoxy) is 2. The van der Waals surface area contributed by atoms with Crippen LogP contribution in [0.5, 0.6) is 0 Å². The largest absolute Gasteiger partial charge is 0.463 e. The predicted molar refractivity (Wildman–Crippen MR) is 82.0 cm³/mol. The van der Waals surface area contributed by atoms with Crippen molar-refractivity contribution in [2.45, 2.75) is 13.8 Å². The number of benzene rings is 1. The summed E-state index contributed by atoms with van der Waals surface area (Å²) in [5, 5.41) is 0. The van der Waals surface area contributed by atoms with Crippen LogP contribution in [0.4, 0.5) is 5.69 Å². The van der Waals surface area contributed by atoms with Crippen LogP contribution >= 0.6 is 0 Å². The molecule has 1 aromatic rings. The lowest BCUT2D eigenvalue weighted by molar-refractivity contribution is -0.139. The Bertz CT molecular complexity index is 518. The Labute approximate surface area is 125 Å². The van der Waals surface area contributed by atoms with E-state index in [-0.39, 0.29) is 18.8 Å². The van der Waals surface area contributed by atoms with Gasteiger partial charge in [-0.2, -0.15) is 0 Å². The number of hydrogen-bond acceptors (Lipinski definition) is 5. The highest BCUT2D eigenvalue weighted by molar-refractivity contribution is 6.20. The number of nitrogens with zero attached hydrogens (tertiary/aromatic N) is 1. The van der Waals surface area contributed by atoms with Gasteiger partial charge in [-0.3, -0.25) is 0 Å². The van der Waals surface area contributed by atoms with Crippen molar-refractivity contribution in [3.8, 4) is 0 Å². The fourth-order valence-corrected chi connectivity index (χ4v) is 1.71. The lowest BCUT2D eigenvalue weighted by atomic mass is 10.0. The molecule has 0 saturated heterocycles. The number of carbonyl (C=O) groups excluding carboxylic acids is 2. The van der Waals surface area contributed by atoms with Gasteiger partial charge in [-0.1, -0.05) is 12.1 Å². The maximum absolute atomic E-state index is 12.0. The summed E-state index contributed by atoms with van der Waals surface area (Å²) in [5.41, 5.74) is 1.81. The standard InChI is InChI=1S/C16H21NO4/c1-5-20-15(18)11-14(16(19)21-6-2)12-7-9-13(10-8-12)17(3)4/h7-11H,5-6H2,1-4H3. The van der Waals surface area contributed by atoms with Crippen LogP contribution in [0.15, 0.2) is 30.3 Å². The highest BCUT2D eigenvalue weighted by Gasteiger charge is 2.15. The molecule has 5 heteroatoms. The number of rotatable bonds is 6. The van der Waals surface area contributed by atoms with Crippen molar-refractivity contribution in [2.75, 3.05) is 32.2 Å². The summed E-state index contributed by atoms with van der Waals surface area (Å²) < 4.78 is 9.84. The van der Waals surface area contributed by atoms with Crippen LogP contribution in [0.2, 0.25) is 0 Å². The Hall–Kier alpha value is -2.30. The van der Waals surface area contributed by atoms with Crippen molar-refractivity contribution >= 4 is 23.2 Å². The molecule has 114 valence electrons. The van der Waals surface area contributed by atoms with Crippen LogP contribution in [-0.2, 0) is 19.1 Å². The zero-order valence-electron chi connectivity index (χ0n) is 12.9. The molecule has 1 aromatic carbocycles. The van der Waals surface area contributed by atoms with Gasteiger partial charge >= 0.3 is 11.9 Å². The van der Waals surface area contributed by atoms with E-state index < -0.39 is 11.9 Å². The second-order valence-corrected chi connectivity index (χ2v) is 4.47. The Kier molecular flexibility index (Phi) is 6.46. The molecule has 0 amide bonds. The van der Waals surface area contributed by atoms with Crippen LogP contribution in [0.25, 0.3) is 5.57 Å². The number of esters is 2. The summed E-state index contributed by atoms with van der Waals surface area (Å²) >= 11 is 0. The van der Waals surface area contributed by atoms with Crippen molar-refractivity contribution in [1.82, 2.24) is 0 Å². The van der Waals surface area contributed by atoms with Crippen LogP contribution in [0, 0.1) is 0 Å². The van der Waals surface area contributed by atoms with Crippen molar-refractivity contribution < 1.29 is 19.1 Å². The molecule has 21 heavy (non-hydrogen) atoms. The van der Waals surface area contributed by atoms with Crippen molar-refractivity contribution in [1.29, 1.82) is 0 Å². The van der Waals surface area contributed by atoms with Gasteiger partial charge in [0.15, 0.2) is 0 Å². The van der Waals surface area contributed by atoms with E-state index in [0.717, 1.165) is 5.69 Å². The lowest BCUT2D eigenvalue weighted by Crippen LogP contribution is -2.11. The molecule has 0 aliphatic carbocycles.